The van der Waals surface area contributed by atoms with Gasteiger partial charge >= 0.3 is 0 Å². The van der Waals surface area contributed by atoms with E-state index >= 15 is 0 Å². The first-order chi connectivity index (χ1) is 15.3. The van der Waals surface area contributed by atoms with Crippen molar-refractivity contribution in [3.05, 3.63) is 65.7 Å². The number of hydrogen-bond donors (Lipinski definition) is 1. The molecule has 0 radical (unpaired) electrons. The lowest BCUT2D eigenvalue weighted by Gasteiger charge is -2.30. The van der Waals surface area contributed by atoms with E-state index in [0.717, 1.165) is 9.87 Å². The normalized spacial score (nSPS) is 15.2. The Morgan fingerprint density at radius 2 is 1.72 bits per heavy atom. The summed E-state index contributed by atoms with van der Waals surface area (Å²) in [6.45, 7) is 1.84. The molecule has 0 unspecified atom stereocenters. The molecule has 2 aromatic rings. The zero-order valence-electron chi connectivity index (χ0n) is 18.2. The van der Waals surface area contributed by atoms with Crippen LogP contribution in [0.2, 0.25) is 0 Å². The van der Waals surface area contributed by atoms with Crippen molar-refractivity contribution >= 4 is 27.7 Å². The molecule has 0 bridgehead atoms. The molecule has 1 heterocycles. The van der Waals surface area contributed by atoms with E-state index in [1.54, 1.807) is 12.1 Å². The van der Waals surface area contributed by atoms with Gasteiger partial charge in [0.1, 0.15) is 10.9 Å². The SMILES string of the molecule is CC[C@@H](C(=O)NC)N(CCc1ccccc1)C(=O)CCN1C(=O)c2ccccc2S1(=O)=O. The molecular weight excluding hydrogens is 430 g/mol. The predicted molar refractivity (Wildman–Crippen MR) is 119 cm³/mol. The van der Waals surface area contributed by atoms with Crippen molar-refractivity contribution in [2.75, 3.05) is 20.1 Å². The average molecular weight is 458 g/mol. The van der Waals surface area contributed by atoms with Gasteiger partial charge in [-0.05, 0) is 30.5 Å². The van der Waals surface area contributed by atoms with Gasteiger partial charge in [-0.25, -0.2) is 12.7 Å². The van der Waals surface area contributed by atoms with Crippen molar-refractivity contribution in [2.24, 2.45) is 0 Å². The second-order valence-electron chi connectivity index (χ2n) is 7.49. The van der Waals surface area contributed by atoms with Gasteiger partial charge in [0.2, 0.25) is 11.8 Å². The van der Waals surface area contributed by atoms with Crippen LogP contribution in [0.1, 0.15) is 35.7 Å². The Morgan fingerprint density at radius 1 is 1.06 bits per heavy atom. The van der Waals surface area contributed by atoms with Gasteiger partial charge in [-0.3, -0.25) is 14.4 Å². The molecule has 1 N–H and O–H groups in total. The summed E-state index contributed by atoms with van der Waals surface area (Å²) in [5.74, 6) is -1.30. The van der Waals surface area contributed by atoms with Gasteiger partial charge in [0.25, 0.3) is 15.9 Å². The standard InChI is InChI=1S/C23H27N3O5S/c1-3-19(22(28)24-2)25(15-13-17-9-5-4-6-10-17)21(27)14-16-26-23(29)18-11-7-8-12-20(18)32(26,30)31/h4-12,19H,3,13-16H2,1-2H3,(H,24,28)/t19-/m0/s1. The van der Waals surface area contributed by atoms with Gasteiger partial charge in [-0.15, -0.1) is 0 Å². The molecule has 0 spiro atoms. The van der Waals surface area contributed by atoms with Gasteiger partial charge in [0, 0.05) is 26.6 Å². The third kappa shape index (κ3) is 4.67. The van der Waals surface area contributed by atoms with Gasteiger partial charge in [0.05, 0.1) is 5.56 Å². The van der Waals surface area contributed by atoms with Crippen molar-refractivity contribution in [3.63, 3.8) is 0 Å². The number of carbonyl (C=O) groups is 3. The van der Waals surface area contributed by atoms with Crippen LogP contribution in [0.25, 0.3) is 0 Å². The molecule has 8 nitrogen and oxygen atoms in total. The van der Waals surface area contributed by atoms with Gasteiger partial charge < -0.3 is 10.2 Å². The molecule has 32 heavy (non-hydrogen) atoms. The fourth-order valence-corrected chi connectivity index (χ4v) is 5.43. The van der Waals surface area contributed by atoms with Crippen LogP contribution in [0.5, 0.6) is 0 Å². The van der Waals surface area contributed by atoms with Crippen LogP contribution in [0.3, 0.4) is 0 Å². The Labute approximate surface area is 188 Å². The highest BCUT2D eigenvalue weighted by Gasteiger charge is 2.41. The maximum atomic E-state index is 13.1. The lowest BCUT2D eigenvalue weighted by atomic mass is 10.1. The molecule has 1 atom stereocenters. The summed E-state index contributed by atoms with van der Waals surface area (Å²) in [4.78, 5) is 39.6. The number of sulfonamides is 1. The van der Waals surface area contributed by atoms with Gasteiger partial charge in [-0.2, -0.15) is 0 Å². The molecule has 0 fully saturated rings. The zero-order valence-corrected chi connectivity index (χ0v) is 19.0. The topological polar surface area (TPSA) is 104 Å². The first-order valence-electron chi connectivity index (χ1n) is 10.5. The summed E-state index contributed by atoms with van der Waals surface area (Å²) in [5.41, 5.74) is 1.13. The number of benzene rings is 2. The highest BCUT2D eigenvalue weighted by atomic mass is 32.2. The molecule has 170 valence electrons. The first-order valence-corrected chi connectivity index (χ1v) is 12.0. The number of fused-ring (bicyclic) bond motifs is 1. The van der Waals surface area contributed by atoms with Crippen molar-refractivity contribution in [2.45, 2.75) is 37.1 Å². The van der Waals surface area contributed by atoms with Crippen molar-refractivity contribution < 1.29 is 22.8 Å². The minimum atomic E-state index is -3.99. The zero-order chi connectivity index (χ0) is 23.3. The second kappa shape index (κ2) is 9.95. The molecule has 3 amide bonds. The van der Waals surface area contributed by atoms with Crippen molar-refractivity contribution in [1.82, 2.24) is 14.5 Å². The van der Waals surface area contributed by atoms with E-state index in [4.69, 9.17) is 0 Å². The molecular formula is C23H27N3O5S. The molecule has 2 aromatic carbocycles. The Balaban J connectivity index is 1.76. The van der Waals surface area contributed by atoms with E-state index in [1.807, 2.05) is 37.3 Å². The second-order valence-corrected chi connectivity index (χ2v) is 9.32. The largest absolute Gasteiger partial charge is 0.357 e. The van der Waals surface area contributed by atoms with Crippen LogP contribution >= 0.6 is 0 Å². The fourth-order valence-electron chi connectivity index (χ4n) is 3.86. The van der Waals surface area contributed by atoms with Crippen LogP contribution in [0.4, 0.5) is 0 Å². The Hall–Kier alpha value is -3.20. The van der Waals surface area contributed by atoms with E-state index in [9.17, 15) is 22.8 Å². The number of rotatable bonds is 9. The minimum Gasteiger partial charge on any atom is -0.357 e. The monoisotopic (exact) mass is 457 g/mol. The number of carbonyl (C=O) groups excluding carboxylic acids is 3. The average Bonchev–Trinajstić information content (AvgIpc) is 3.00. The highest BCUT2D eigenvalue weighted by Crippen LogP contribution is 2.30. The number of hydrogen-bond acceptors (Lipinski definition) is 5. The molecule has 0 aromatic heterocycles. The van der Waals surface area contributed by atoms with Gasteiger partial charge in [-0.1, -0.05) is 49.4 Å². The van der Waals surface area contributed by atoms with E-state index in [-0.39, 0.29) is 35.2 Å². The summed E-state index contributed by atoms with van der Waals surface area (Å²) in [6, 6.07) is 14.9. The van der Waals surface area contributed by atoms with Crippen LogP contribution in [0.15, 0.2) is 59.5 Å². The van der Waals surface area contributed by atoms with Gasteiger partial charge in [0.15, 0.2) is 0 Å². The summed E-state index contributed by atoms with van der Waals surface area (Å²) in [7, 11) is -2.47. The molecule has 3 rings (SSSR count). The van der Waals surface area contributed by atoms with E-state index in [1.165, 1.54) is 24.1 Å². The fraction of sp³-hybridized carbons (Fsp3) is 0.348. The van der Waals surface area contributed by atoms with E-state index < -0.39 is 22.0 Å². The summed E-state index contributed by atoms with van der Waals surface area (Å²) in [5, 5.41) is 2.59. The molecule has 0 aliphatic carbocycles. The lowest BCUT2D eigenvalue weighted by Crippen LogP contribution is -2.50. The lowest BCUT2D eigenvalue weighted by molar-refractivity contribution is -0.140. The van der Waals surface area contributed by atoms with Crippen LogP contribution in [-0.2, 0) is 26.0 Å². The number of nitrogens with zero attached hydrogens (tertiary/aromatic N) is 2. The van der Waals surface area contributed by atoms with Crippen molar-refractivity contribution in [3.8, 4) is 0 Å². The predicted octanol–water partition coefficient (Wildman–Crippen LogP) is 1.82. The quantitative estimate of drug-likeness (QED) is 0.619. The third-order valence-corrected chi connectivity index (χ3v) is 7.40. The van der Waals surface area contributed by atoms with E-state index in [2.05, 4.69) is 5.32 Å². The summed E-state index contributed by atoms with van der Waals surface area (Å²) in [6.07, 6.45) is 0.750. The number of amides is 3. The Kier molecular flexibility index (Phi) is 7.29. The first kappa shape index (κ1) is 23.5. The minimum absolute atomic E-state index is 0.0461. The van der Waals surface area contributed by atoms with Crippen LogP contribution in [0, 0.1) is 0 Å². The summed E-state index contributed by atoms with van der Waals surface area (Å²) < 4.78 is 26.2. The molecule has 1 aliphatic heterocycles. The molecule has 0 saturated heterocycles. The maximum absolute atomic E-state index is 13.1. The smallest absolute Gasteiger partial charge is 0.269 e. The Bertz CT molecular complexity index is 1100. The van der Waals surface area contributed by atoms with Crippen molar-refractivity contribution in [1.29, 1.82) is 0 Å². The molecule has 9 heteroatoms. The van der Waals surface area contributed by atoms with E-state index in [0.29, 0.717) is 19.4 Å². The molecule has 0 saturated carbocycles. The molecule has 1 aliphatic rings. The van der Waals surface area contributed by atoms with Crippen LogP contribution in [-0.4, -0.2) is 61.5 Å². The number of likely N-dealkylation sites (N-methyl/N-ethyl adjacent to an activating group) is 1. The third-order valence-electron chi connectivity index (χ3n) is 5.56. The highest BCUT2D eigenvalue weighted by molar-refractivity contribution is 7.90. The Morgan fingerprint density at radius 3 is 2.34 bits per heavy atom. The van der Waals surface area contributed by atoms with Crippen LogP contribution < -0.4 is 5.32 Å². The number of nitrogens with one attached hydrogen (secondary N) is 1. The maximum Gasteiger partial charge on any atom is 0.269 e. The summed E-state index contributed by atoms with van der Waals surface area (Å²) >= 11 is 0.